The molecule has 4 aromatic carbocycles. The normalized spacial score (nSPS) is 11.5. The lowest BCUT2D eigenvalue weighted by Crippen LogP contribution is -2.28. The molecule has 0 aromatic heterocycles. The highest BCUT2D eigenvalue weighted by Gasteiger charge is 2.22. The molecule has 0 saturated heterocycles. The Balaban J connectivity index is 1.75. The molecule has 11 heteroatoms. The Kier molecular flexibility index (Phi) is 10.7. The molecule has 0 saturated carbocycles. The molecule has 2 amide bonds. The summed E-state index contributed by atoms with van der Waals surface area (Å²) in [6.07, 6.45) is 1.99. The first-order valence-electron chi connectivity index (χ1n) is 14.3. The van der Waals surface area contributed by atoms with Gasteiger partial charge in [0, 0.05) is 35.4 Å². The predicted molar refractivity (Wildman–Crippen MR) is 172 cm³/mol. The molecular formula is C35H31N3O8. The van der Waals surface area contributed by atoms with Gasteiger partial charge in [-0.25, -0.2) is 19.2 Å². The Labute approximate surface area is 264 Å². The average molecular weight is 622 g/mol. The van der Waals surface area contributed by atoms with Crippen LogP contribution < -0.4 is 20.1 Å². The zero-order valence-corrected chi connectivity index (χ0v) is 25.1. The number of nitrogens with zero attached hydrogens (tertiary/aromatic N) is 1. The Hall–Kier alpha value is -6.15. The summed E-state index contributed by atoms with van der Waals surface area (Å²) in [6, 6.07) is 21.3. The van der Waals surface area contributed by atoms with Crippen molar-refractivity contribution in [3.63, 3.8) is 0 Å². The highest BCUT2D eigenvalue weighted by atomic mass is 16.6. The van der Waals surface area contributed by atoms with Crippen LogP contribution in [-0.4, -0.2) is 47.4 Å². The number of amides is 2. The molecule has 0 atom stereocenters. The number of nitrogens with one attached hydrogen (secondary N) is 2. The lowest BCUT2D eigenvalue weighted by atomic mass is 9.91. The Morgan fingerprint density at radius 3 is 1.74 bits per heavy atom. The maximum absolute atomic E-state index is 12.9. The quantitative estimate of drug-likeness (QED) is 0.107. The Morgan fingerprint density at radius 1 is 0.717 bits per heavy atom. The summed E-state index contributed by atoms with van der Waals surface area (Å²) in [7, 11) is 0. The van der Waals surface area contributed by atoms with Crippen molar-refractivity contribution in [3.05, 3.63) is 95.6 Å². The lowest BCUT2D eigenvalue weighted by molar-refractivity contribution is -0.133. The van der Waals surface area contributed by atoms with E-state index in [2.05, 4.69) is 16.7 Å². The monoisotopic (exact) mass is 621 g/mol. The minimum atomic E-state index is -1.05. The maximum Gasteiger partial charge on any atom is 0.412 e. The highest BCUT2D eigenvalue weighted by Crippen LogP contribution is 2.45. The summed E-state index contributed by atoms with van der Waals surface area (Å²) in [4.78, 5) is 47.9. The van der Waals surface area contributed by atoms with Gasteiger partial charge in [0.25, 0.3) is 0 Å². The third-order valence-corrected chi connectivity index (χ3v) is 7.06. The van der Waals surface area contributed by atoms with E-state index < -0.39 is 24.1 Å². The van der Waals surface area contributed by atoms with Gasteiger partial charge in [-0.1, -0.05) is 54.6 Å². The number of carbonyl (C=O) groups excluding carboxylic acids is 2. The molecule has 11 nitrogen and oxygen atoms in total. The molecule has 0 fully saturated rings. The van der Waals surface area contributed by atoms with Crippen LogP contribution in [0, 0.1) is 11.3 Å². The summed E-state index contributed by atoms with van der Waals surface area (Å²) < 4.78 is 11.6. The van der Waals surface area contributed by atoms with Crippen LogP contribution in [-0.2, 0) is 9.59 Å². The molecule has 234 valence electrons. The first-order valence-corrected chi connectivity index (χ1v) is 14.3. The van der Waals surface area contributed by atoms with Crippen LogP contribution >= 0.6 is 0 Å². The van der Waals surface area contributed by atoms with Crippen molar-refractivity contribution in [1.29, 1.82) is 5.26 Å². The molecule has 0 spiro atoms. The average Bonchev–Trinajstić information content (AvgIpc) is 3.04. The Morgan fingerprint density at radius 2 is 1.22 bits per heavy atom. The SMILES string of the molecule is C/C(=C\CCNC(=O)Oc1ccc2ccccc2c1-c1c(OC(=O)NCC/C=C(\C)C(=O)O)ccc2cc(C#N)ccc12)C(=O)O. The van der Waals surface area contributed by atoms with Gasteiger partial charge in [0.1, 0.15) is 11.5 Å². The number of carboxylic acids is 2. The number of nitriles is 1. The minimum Gasteiger partial charge on any atom is -0.478 e. The number of carboxylic acid groups (broad SMARTS) is 2. The largest absolute Gasteiger partial charge is 0.478 e. The molecule has 0 aliphatic heterocycles. The number of ether oxygens (including phenoxy) is 2. The van der Waals surface area contributed by atoms with Crippen LogP contribution in [0.1, 0.15) is 32.3 Å². The first-order chi connectivity index (χ1) is 22.1. The molecule has 0 radical (unpaired) electrons. The highest BCUT2D eigenvalue weighted by molar-refractivity contribution is 6.10. The lowest BCUT2D eigenvalue weighted by Gasteiger charge is -2.19. The van der Waals surface area contributed by atoms with Crippen LogP contribution in [0.3, 0.4) is 0 Å². The fraction of sp³-hybridized carbons (Fsp3) is 0.171. The van der Waals surface area contributed by atoms with E-state index in [4.69, 9.17) is 19.7 Å². The fourth-order valence-electron chi connectivity index (χ4n) is 4.69. The van der Waals surface area contributed by atoms with E-state index in [9.17, 15) is 24.4 Å². The van der Waals surface area contributed by atoms with Crippen molar-refractivity contribution in [2.75, 3.05) is 13.1 Å². The molecule has 0 aliphatic rings. The van der Waals surface area contributed by atoms with E-state index in [-0.39, 0.29) is 48.6 Å². The molecule has 46 heavy (non-hydrogen) atoms. The van der Waals surface area contributed by atoms with E-state index >= 15 is 0 Å². The first kappa shape index (κ1) is 32.8. The standard InChI is InChI=1S/C35H31N3O8/c1-21(32(39)40)7-5-17-37-34(43)45-28-15-12-24-9-3-4-10-26(24)30(28)31-27-14-11-23(20-36)19-25(27)13-16-29(31)46-35(44)38-18-6-8-22(2)33(41)42/h3-4,7-16,19H,5-6,17-18H2,1-2H3,(H,37,43)(H,38,44)(H,39,40)(H,41,42)/b21-7+,22-8+. The van der Waals surface area contributed by atoms with Crippen LogP contribution in [0.15, 0.2) is 90.0 Å². The van der Waals surface area contributed by atoms with Crippen molar-refractivity contribution in [1.82, 2.24) is 10.6 Å². The van der Waals surface area contributed by atoms with Crippen LogP contribution in [0.25, 0.3) is 32.7 Å². The second-order valence-electron chi connectivity index (χ2n) is 10.2. The second-order valence-corrected chi connectivity index (χ2v) is 10.2. The van der Waals surface area contributed by atoms with Crippen molar-refractivity contribution < 1.29 is 38.9 Å². The summed E-state index contributed by atoms with van der Waals surface area (Å²) >= 11 is 0. The maximum atomic E-state index is 12.9. The van der Waals surface area contributed by atoms with Gasteiger partial charge in [0.05, 0.1) is 11.6 Å². The van der Waals surface area contributed by atoms with Gasteiger partial charge in [0.2, 0.25) is 0 Å². The molecular weight excluding hydrogens is 590 g/mol. The molecule has 0 unspecified atom stereocenters. The van der Waals surface area contributed by atoms with Gasteiger partial charge in [-0.2, -0.15) is 5.26 Å². The molecule has 4 N–H and O–H groups in total. The molecule has 0 bridgehead atoms. The van der Waals surface area contributed by atoms with Gasteiger partial charge in [-0.3, -0.25) is 0 Å². The van der Waals surface area contributed by atoms with E-state index in [1.807, 2.05) is 24.3 Å². The van der Waals surface area contributed by atoms with E-state index in [1.54, 1.807) is 42.5 Å². The summed E-state index contributed by atoms with van der Waals surface area (Å²) in [6.45, 7) is 3.18. The number of aliphatic carboxylic acids is 2. The van der Waals surface area contributed by atoms with Gasteiger partial charge in [-0.15, -0.1) is 0 Å². The summed E-state index contributed by atoms with van der Waals surface area (Å²) in [5.74, 6) is -1.76. The molecule has 0 heterocycles. The smallest absolute Gasteiger partial charge is 0.412 e. The van der Waals surface area contributed by atoms with Crippen molar-refractivity contribution in [2.24, 2.45) is 0 Å². The van der Waals surface area contributed by atoms with Crippen molar-refractivity contribution in [2.45, 2.75) is 26.7 Å². The zero-order chi connectivity index (χ0) is 33.2. The van der Waals surface area contributed by atoms with Crippen molar-refractivity contribution in [3.8, 4) is 28.7 Å². The fourth-order valence-corrected chi connectivity index (χ4v) is 4.69. The van der Waals surface area contributed by atoms with Crippen LogP contribution in [0.5, 0.6) is 11.5 Å². The van der Waals surface area contributed by atoms with Crippen LogP contribution in [0.4, 0.5) is 9.59 Å². The van der Waals surface area contributed by atoms with E-state index in [1.165, 1.54) is 26.0 Å². The minimum absolute atomic E-state index is 0.127. The van der Waals surface area contributed by atoms with Crippen molar-refractivity contribution >= 4 is 45.7 Å². The topological polar surface area (TPSA) is 175 Å². The molecule has 4 rings (SSSR count). The number of carbonyl (C=O) groups is 4. The predicted octanol–water partition coefficient (Wildman–Crippen LogP) is 6.55. The molecule has 4 aromatic rings. The van der Waals surface area contributed by atoms with Gasteiger partial charge < -0.3 is 30.3 Å². The van der Waals surface area contributed by atoms with E-state index in [0.717, 1.165) is 5.39 Å². The second kappa shape index (κ2) is 15.0. The number of rotatable bonds is 11. The third-order valence-electron chi connectivity index (χ3n) is 7.06. The third kappa shape index (κ3) is 8.06. The van der Waals surface area contributed by atoms with E-state index in [0.29, 0.717) is 32.8 Å². The van der Waals surface area contributed by atoms with Gasteiger partial charge >= 0.3 is 24.1 Å². The Bertz CT molecular complexity index is 1940. The van der Waals surface area contributed by atoms with Gasteiger partial charge in [0.15, 0.2) is 0 Å². The van der Waals surface area contributed by atoms with Gasteiger partial charge in [-0.05, 0) is 72.5 Å². The zero-order valence-electron chi connectivity index (χ0n) is 25.1. The van der Waals surface area contributed by atoms with Crippen LogP contribution in [0.2, 0.25) is 0 Å². The summed E-state index contributed by atoms with van der Waals surface area (Å²) in [5, 5.41) is 35.6. The number of hydrogen-bond acceptors (Lipinski definition) is 7. The molecule has 0 aliphatic carbocycles. The summed E-state index contributed by atoms with van der Waals surface area (Å²) in [5.41, 5.74) is 1.65. The number of benzene rings is 4. The number of fused-ring (bicyclic) bond motifs is 2. The number of hydrogen-bond donors (Lipinski definition) is 4.